The van der Waals surface area contributed by atoms with E-state index in [2.05, 4.69) is 5.10 Å². The number of nitrogens with zero attached hydrogens (tertiary/aromatic N) is 2. The van der Waals surface area contributed by atoms with Gasteiger partial charge in [0.1, 0.15) is 11.5 Å². The fourth-order valence-corrected chi connectivity index (χ4v) is 2.15. The van der Waals surface area contributed by atoms with Gasteiger partial charge in [-0.3, -0.25) is 0 Å². The highest BCUT2D eigenvalue weighted by molar-refractivity contribution is 6.17. The van der Waals surface area contributed by atoms with E-state index in [1.165, 1.54) is 0 Å². The first-order valence-corrected chi connectivity index (χ1v) is 6.68. The molecule has 0 aliphatic carbocycles. The molecule has 5 heteroatoms. The molecule has 0 unspecified atom stereocenters. The average Bonchev–Trinajstić information content (AvgIpc) is 2.66. The first-order valence-electron chi connectivity index (χ1n) is 6.14. The molecule has 2 aromatic rings. The Labute approximate surface area is 117 Å². The number of alkyl halides is 1. The van der Waals surface area contributed by atoms with Crippen LogP contribution in [-0.2, 0) is 12.9 Å². The Hall–Kier alpha value is -1.68. The van der Waals surface area contributed by atoms with Crippen LogP contribution in [-0.4, -0.2) is 16.4 Å². The van der Waals surface area contributed by atoms with Gasteiger partial charge in [-0.2, -0.15) is 5.10 Å². The van der Waals surface area contributed by atoms with Gasteiger partial charge in [-0.1, -0.05) is 0 Å². The minimum atomic E-state index is 0.381. The number of hydrogen-bond acceptors (Lipinski definition) is 3. The summed E-state index contributed by atoms with van der Waals surface area (Å²) < 4.78 is 12.9. The summed E-state index contributed by atoms with van der Waals surface area (Å²) in [6.07, 6.45) is 0. The lowest BCUT2D eigenvalue weighted by Crippen LogP contribution is -1.97. The van der Waals surface area contributed by atoms with E-state index in [1.54, 1.807) is 4.68 Å². The highest BCUT2D eigenvalue weighted by atomic mass is 35.5. The van der Waals surface area contributed by atoms with Crippen LogP contribution in [0.4, 0.5) is 0 Å². The predicted octanol–water partition coefficient (Wildman–Crippen LogP) is 3.66. The SMILES string of the molecule is CCOc1ccc(Oc2c(CCl)c(C)nn2C)cc1. The summed E-state index contributed by atoms with van der Waals surface area (Å²) in [5, 5.41) is 4.31. The molecule has 0 N–H and O–H groups in total. The second-order valence-corrected chi connectivity index (χ2v) is 4.40. The summed E-state index contributed by atoms with van der Waals surface area (Å²) in [5.41, 5.74) is 1.80. The highest BCUT2D eigenvalue weighted by Gasteiger charge is 2.14. The Bertz CT molecular complexity index is 549. The van der Waals surface area contributed by atoms with Gasteiger partial charge in [-0.05, 0) is 38.1 Å². The number of rotatable bonds is 5. The standard InChI is InChI=1S/C14H17ClN2O2/c1-4-18-11-5-7-12(8-6-11)19-14-13(9-15)10(2)16-17(14)3/h5-8H,4,9H2,1-3H3. The molecule has 102 valence electrons. The van der Waals surface area contributed by atoms with E-state index in [4.69, 9.17) is 21.1 Å². The molecule has 0 saturated carbocycles. The van der Waals surface area contributed by atoms with Crippen molar-refractivity contribution in [3.05, 3.63) is 35.5 Å². The number of ether oxygens (including phenoxy) is 2. The number of halogens is 1. The quantitative estimate of drug-likeness (QED) is 0.784. The molecule has 0 aliphatic rings. The van der Waals surface area contributed by atoms with E-state index in [0.717, 1.165) is 22.8 Å². The molecule has 0 saturated heterocycles. The van der Waals surface area contributed by atoms with Gasteiger partial charge in [0, 0.05) is 7.05 Å². The molecule has 19 heavy (non-hydrogen) atoms. The monoisotopic (exact) mass is 280 g/mol. The summed E-state index contributed by atoms with van der Waals surface area (Å²) in [4.78, 5) is 0. The maximum Gasteiger partial charge on any atom is 0.222 e. The zero-order chi connectivity index (χ0) is 13.8. The Morgan fingerprint density at radius 1 is 1.21 bits per heavy atom. The third kappa shape index (κ3) is 3.01. The zero-order valence-corrected chi connectivity index (χ0v) is 12.1. The molecule has 1 aromatic heterocycles. The van der Waals surface area contributed by atoms with Crippen LogP contribution in [0.1, 0.15) is 18.2 Å². The van der Waals surface area contributed by atoms with Crippen molar-refractivity contribution in [1.29, 1.82) is 0 Å². The first-order chi connectivity index (χ1) is 9.15. The fraction of sp³-hybridized carbons (Fsp3) is 0.357. The van der Waals surface area contributed by atoms with Gasteiger partial charge in [-0.15, -0.1) is 11.6 Å². The molecule has 0 atom stereocenters. The van der Waals surface area contributed by atoms with Crippen molar-refractivity contribution in [2.24, 2.45) is 7.05 Å². The third-order valence-electron chi connectivity index (χ3n) is 2.77. The lowest BCUT2D eigenvalue weighted by Gasteiger charge is -2.08. The molecule has 0 aliphatic heterocycles. The average molecular weight is 281 g/mol. The maximum atomic E-state index is 5.93. The lowest BCUT2D eigenvalue weighted by molar-refractivity contribution is 0.339. The lowest BCUT2D eigenvalue weighted by atomic mass is 10.3. The Balaban J connectivity index is 2.21. The largest absolute Gasteiger partial charge is 0.494 e. The van der Waals surface area contributed by atoms with Gasteiger partial charge < -0.3 is 9.47 Å². The van der Waals surface area contributed by atoms with Crippen molar-refractivity contribution in [1.82, 2.24) is 9.78 Å². The predicted molar refractivity (Wildman–Crippen MR) is 75.2 cm³/mol. The van der Waals surface area contributed by atoms with Crippen LogP contribution in [0.25, 0.3) is 0 Å². The summed E-state index contributed by atoms with van der Waals surface area (Å²) in [6, 6.07) is 7.49. The van der Waals surface area contributed by atoms with Gasteiger partial charge in [0.15, 0.2) is 0 Å². The number of aromatic nitrogens is 2. The van der Waals surface area contributed by atoms with Crippen LogP contribution in [0.3, 0.4) is 0 Å². The van der Waals surface area contributed by atoms with Crippen LogP contribution < -0.4 is 9.47 Å². The van der Waals surface area contributed by atoms with E-state index < -0.39 is 0 Å². The van der Waals surface area contributed by atoms with E-state index >= 15 is 0 Å². The van der Waals surface area contributed by atoms with Crippen LogP contribution >= 0.6 is 11.6 Å². The van der Waals surface area contributed by atoms with Crippen LogP contribution in [0, 0.1) is 6.92 Å². The first kappa shape index (κ1) is 13.7. The summed E-state index contributed by atoms with van der Waals surface area (Å²) in [7, 11) is 1.84. The summed E-state index contributed by atoms with van der Waals surface area (Å²) in [5.74, 6) is 2.62. The van der Waals surface area contributed by atoms with Crippen molar-refractivity contribution in [3.63, 3.8) is 0 Å². The van der Waals surface area contributed by atoms with Gasteiger partial charge >= 0.3 is 0 Å². The molecule has 0 spiro atoms. The van der Waals surface area contributed by atoms with Gasteiger partial charge in [-0.25, -0.2) is 4.68 Å². The molecule has 1 heterocycles. The van der Waals surface area contributed by atoms with Crippen LogP contribution in [0.5, 0.6) is 17.4 Å². The summed E-state index contributed by atoms with van der Waals surface area (Å²) in [6.45, 7) is 4.52. The molecular formula is C14H17ClN2O2. The topological polar surface area (TPSA) is 36.3 Å². The normalized spacial score (nSPS) is 10.5. The van der Waals surface area contributed by atoms with Crippen molar-refractivity contribution >= 4 is 11.6 Å². The fourth-order valence-electron chi connectivity index (χ4n) is 1.84. The maximum absolute atomic E-state index is 5.93. The zero-order valence-electron chi connectivity index (χ0n) is 11.3. The molecule has 0 amide bonds. The Kier molecular flexibility index (Phi) is 4.32. The van der Waals surface area contributed by atoms with Crippen molar-refractivity contribution < 1.29 is 9.47 Å². The second kappa shape index (κ2) is 5.97. The molecule has 0 radical (unpaired) electrons. The third-order valence-corrected chi connectivity index (χ3v) is 3.04. The smallest absolute Gasteiger partial charge is 0.222 e. The number of benzene rings is 1. The number of hydrogen-bond donors (Lipinski definition) is 0. The molecule has 0 bridgehead atoms. The minimum Gasteiger partial charge on any atom is -0.494 e. The van der Waals surface area contributed by atoms with Crippen molar-refractivity contribution in [2.45, 2.75) is 19.7 Å². The van der Waals surface area contributed by atoms with Crippen molar-refractivity contribution in [2.75, 3.05) is 6.61 Å². The van der Waals surface area contributed by atoms with E-state index in [1.807, 2.05) is 45.2 Å². The Morgan fingerprint density at radius 2 is 1.84 bits per heavy atom. The Morgan fingerprint density at radius 3 is 2.42 bits per heavy atom. The van der Waals surface area contributed by atoms with E-state index in [9.17, 15) is 0 Å². The van der Waals surface area contributed by atoms with Gasteiger partial charge in [0.05, 0.1) is 23.7 Å². The van der Waals surface area contributed by atoms with Gasteiger partial charge in [0.2, 0.25) is 5.88 Å². The molecule has 0 fully saturated rings. The van der Waals surface area contributed by atoms with Crippen molar-refractivity contribution in [3.8, 4) is 17.4 Å². The molecular weight excluding hydrogens is 264 g/mol. The second-order valence-electron chi connectivity index (χ2n) is 4.13. The van der Waals surface area contributed by atoms with E-state index in [0.29, 0.717) is 18.4 Å². The van der Waals surface area contributed by atoms with E-state index in [-0.39, 0.29) is 0 Å². The molecule has 2 rings (SSSR count). The summed E-state index contributed by atoms with van der Waals surface area (Å²) >= 11 is 5.93. The highest BCUT2D eigenvalue weighted by Crippen LogP contribution is 2.29. The van der Waals surface area contributed by atoms with Crippen LogP contribution in [0.15, 0.2) is 24.3 Å². The molecule has 4 nitrogen and oxygen atoms in total. The number of aryl methyl sites for hydroxylation is 2. The minimum absolute atomic E-state index is 0.381. The van der Waals surface area contributed by atoms with Crippen LogP contribution in [0.2, 0.25) is 0 Å². The molecule has 1 aromatic carbocycles. The van der Waals surface area contributed by atoms with Gasteiger partial charge in [0.25, 0.3) is 0 Å².